The Morgan fingerprint density at radius 3 is 1.83 bits per heavy atom. The normalized spacial score (nSPS) is 14.4. The van der Waals surface area contributed by atoms with E-state index in [0.29, 0.717) is 6.04 Å². The highest BCUT2D eigenvalue weighted by atomic mass is 32.2. The maximum absolute atomic E-state index is 2.38. The Morgan fingerprint density at radius 1 is 0.833 bits per heavy atom. The fourth-order valence-electron chi connectivity index (χ4n) is 2.30. The SMILES string of the molecule is C1=CN(C(c2ccccc2)c2ccccc2)CS1. The molecule has 18 heavy (non-hydrogen) atoms. The molecule has 0 amide bonds. The van der Waals surface area contributed by atoms with Crippen LogP contribution in [0.25, 0.3) is 0 Å². The van der Waals surface area contributed by atoms with Gasteiger partial charge in [-0.1, -0.05) is 60.7 Å². The highest BCUT2D eigenvalue weighted by Gasteiger charge is 2.21. The van der Waals surface area contributed by atoms with Crippen LogP contribution in [0.3, 0.4) is 0 Å². The summed E-state index contributed by atoms with van der Waals surface area (Å²) < 4.78 is 0. The van der Waals surface area contributed by atoms with E-state index in [4.69, 9.17) is 0 Å². The highest BCUT2D eigenvalue weighted by molar-refractivity contribution is 8.02. The van der Waals surface area contributed by atoms with Crippen LogP contribution in [-0.4, -0.2) is 10.8 Å². The second kappa shape index (κ2) is 5.32. The first kappa shape index (κ1) is 11.4. The lowest BCUT2D eigenvalue weighted by atomic mass is 9.98. The highest BCUT2D eigenvalue weighted by Crippen LogP contribution is 2.33. The molecule has 1 aliphatic rings. The quantitative estimate of drug-likeness (QED) is 0.804. The predicted octanol–water partition coefficient (Wildman–Crippen LogP) is 4.25. The van der Waals surface area contributed by atoms with Gasteiger partial charge in [-0.15, -0.1) is 11.8 Å². The molecule has 0 bridgehead atoms. The average Bonchev–Trinajstić information content (AvgIpc) is 2.95. The van der Waals surface area contributed by atoms with Crippen molar-refractivity contribution in [3.05, 3.63) is 83.4 Å². The van der Waals surface area contributed by atoms with Crippen molar-refractivity contribution in [1.82, 2.24) is 4.90 Å². The lowest BCUT2D eigenvalue weighted by Crippen LogP contribution is -2.21. The summed E-state index contributed by atoms with van der Waals surface area (Å²) in [4.78, 5) is 2.38. The zero-order chi connectivity index (χ0) is 12.2. The van der Waals surface area contributed by atoms with Crippen molar-refractivity contribution in [2.45, 2.75) is 6.04 Å². The molecular formula is C16H15NS. The molecule has 90 valence electrons. The minimum absolute atomic E-state index is 0.318. The smallest absolute Gasteiger partial charge is 0.0799 e. The number of benzene rings is 2. The molecule has 1 aliphatic heterocycles. The van der Waals surface area contributed by atoms with Crippen LogP contribution in [0.2, 0.25) is 0 Å². The van der Waals surface area contributed by atoms with Gasteiger partial charge in [0, 0.05) is 6.20 Å². The minimum Gasteiger partial charge on any atom is -0.356 e. The van der Waals surface area contributed by atoms with Crippen molar-refractivity contribution < 1.29 is 0 Å². The van der Waals surface area contributed by atoms with Crippen LogP contribution in [0.5, 0.6) is 0 Å². The van der Waals surface area contributed by atoms with E-state index >= 15 is 0 Å². The molecule has 0 aromatic heterocycles. The summed E-state index contributed by atoms with van der Waals surface area (Å²) in [6, 6.07) is 21.7. The molecule has 3 rings (SSSR count). The van der Waals surface area contributed by atoms with Crippen LogP contribution in [0, 0.1) is 0 Å². The van der Waals surface area contributed by atoms with Crippen molar-refractivity contribution in [2.75, 3.05) is 5.88 Å². The van der Waals surface area contributed by atoms with Gasteiger partial charge in [-0.25, -0.2) is 0 Å². The van der Waals surface area contributed by atoms with Gasteiger partial charge in [0.25, 0.3) is 0 Å². The Kier molecular flexibility index (Phi) is 3.37. The third kappa shape index (κ3) is 2.29. The minimum atomic E-state index is 0.318. The van der Waals surface area contributed by atoms with Gasteiger partial charge in [0.05, 0.1) is 11.9 Å². The molecule has 0 saturated heterocycles. The molecule has 0 N–H and O–H groups in total. The summed E-state index contributed by atoms with van der Waals surface area (Å²) in [5, 5.41) is 2.17. The number of thioether (sulfide) groups is 1. The standard InChI is InChI=1S/C16H15NS/c1-3-7-14(8-4-1)16(17-11-12-18-13-17)15-9-5-2-6-10-15/h1-12,16H,13H2. The van der Waals surface area contributed by atoms with E-state index in [1.807, 2.05) is 11.8 Å². The topological polar surface area (TPSA) is 3.24 Å². The molecule has 1 nitrogen and oxygen atoms in total. The Morgan fingerprint density at radius 2 is 1.39 bits per heavy atom. The van der Waals surface area contributed by atoms with Gasteiger partial charge in [0.1, 0.15) is 0 Å². The fraction of sp³-hybridized carbons (Fsp3) is 0.125. The molecule has 0 spiro atoms. The molecule has 0 saturated carbocycles. The number of nitrogens with zero attached hydrogens (tertiary/aromatic N) is 1. The molecule has 2 aromatic rings. The van der Waals surface area contributed by atoms with Crippen LogP contribution in [0.1, 0.15) is 17.2 Å². The molecular weight excluding hydrogens is 238 g/mol. The van der Waals surface area contributed by atoms with Crippen LogP contribution in [0.4, 0.5) is 0 Å². The largest absolute Gasteiger partial charge is 0.356 e. The van der Waals surface area contributed by atoms with Gasteiger partial charge in [-0.2, -0.15) is 0 Å². The predicted molar refractivity (Wildman–Crippen MR) is 78.2 cm³/mol. The Hall–Kier alpha value is -1.67. The third-order valence-electron chi connectivity index (χ3n) is 3.13. The zero-order valence-electron chi connectivity index (χ0n) is 10.1. The summed E-state index contributed by atoms with van der Waals surface area (Å²) in [6.45, 7) is 0. The summed E-state index contributed by atoms with van der Waals surface area (Å²) in [7, 11) is 0. The van der Waals surface area contributed by atoms with Crippen LogP contribution in [-0.2, 0) is 0 Å². The molecule has 0 unspecified atom stereocenters. The third-order valence-corrected chi connectivity index (χ3v) is 3.90. The van der Waals surface area contributed by atoms with Crippen LogP contribution < -0.4 is 0 Å². The molecule has 0 aliphatic carbocycles. The van der Waals surface area contributed by atoms with Crippen molar-refractivity contribution in [3.63, 3.8) is 0 Å². The van der Waals surface area contributed by atoms with E-state index in [1.165, 1.54) is 11.1 Å². The van der Waals surface area contributed by atoms with E-state index in [2.05, 4.69) is 77.2 Å². The lowest BCUT2D eigenvalue weighted by Gasteiger charge is -2.28. The Bertz CT molecular complexity index is 482. The number of rotatable bonds is 3. The summed E-state index contributed by atoms with van der Waals surface area (Å²) >= 11 is 1.85. The van der Waals surface area contributed by atoms with Gasteiger partial charge in [-0.3, -0.25) is 0 Å². The Balaban J connectivity index is 2.01. The first-order valence-corrected chi connectivity index (χ1v) is 7.14. The van der Waals surface area contributed by atoms with Crippen molar-refractivity contribution >= 4 is 11.8 Å². The van der Waals surface area contributed by atoms with Gasteiger partial charge in [0.2, 0.25) is 0 Å². The number of hydrogen-bond acceptors (Lipinski definition) is 2. The van der Waals surface area contributed by atoms with E-state index in [1.54, 1.807) is 0 Å². The molecule has 2 heteroatoms. The molecule has 2 aromatic carbocycles. The average molecular weight is 253 g/mol. The fourth-order valence-corrected chi connectivity index (χ4v) is 3.04. The monoisotopic (exact) mass is 253 g/mol. The summed E-state index contributed by atoms with van der Waals surface area (Å²) in [6.07, 6.45) is 2.19. The first-order valence-electron chi connectivity index (χ1n) is 6.09. The lowest BCUT2D eigenvalue weighted by molar-refractivity contribution is 0.376. The van der Waals surface area contributed by atoms with E-state index < -0.39 is 0 Å². The van der Waals surface area contributed by atoms with E-state index in [9.17, 15) is 0 Å². The second-order valence-electron chi connectivity index (χ2n) is 4.32. The molecule has 0 atom stereocenters. The summed E-state index contributed by atoms with van der Waals surface area (Å²) in [5.74, 6) is 1.02. The van der Waals surface area contributed by atoms with Gasteiger partial charge < -0.3 is 4.90 Å². The van der Waals surface area contributed by atoms with Gasteiger partial charge >= 0.3 is 0 Å². The summed E-state index contributed by atoms with van der Waals surface area (Å²) in [5.41, 5.74) is 2.69. The molecule has 1 heterocycles. The van der Waals surface area contributed by atoms with Crippen LogP contribution in [0.15, 0.2) is 72.3 Å². The van der Waals surface area contributed by atoms with Crippen molar-refractivity contribution in [2.24, 2.45) is 0 Å². The van der Waals surface area contributed by atoms with Crippen LogP contribution >= 0.6 is 11.8 Å². The second-order valence-corrected chi connectivity index (χ2v) is 5.18. The maximum atomic E-state index is 2.38. The van der Waals surface area contributed by atoms with Gasteiger partial charge in [-0.05, 0) is 16.5 Å². The molecule has 0 fully saturated rings. The zero-order valence-corrected chi connectivity index (χ0v) is 10.9. The Labute approximate surface area is 112 Å². The first-order chi connectivity index (χ1) is 8.95. The van der Waals surface area contributed by atoms with E-state index in [-0.39, 0.29) is 0 Å². The number of hydrogen-bond donors (Lipinski definition) is 0. The molecule has 0 radical (unpaired) electrons. The van der Waals surface area contributed by atoms with E-state index in [0.717, 1.165) is 5.88 Å². The van der Waals surface area contributed by atoms with Crippen molar-refractivity contribution in [1.29, 1.82) is 0 Å². The van der Waals surface area contributed by atoms with Crippen molar-refractivity contribution in [3.8, 4) is 0 Å². The van der Waals surface area contributed by atoms with Gasteiger partial charge in [0.15, 0.2) is 0 Å². The maximum Gasteiger partial charge on any atom is 0.0799 e.